The van der Waals surface area contributed by atoms with Crippen LogP contribution in [0.1, 0.15) is 36.1 Å². The van der Waals surface area contributed by atoms with Gasteiger partial charge in [0.05, 0.1) is 0 Å². The van der Waals surface area contributed by atoms with E-state index < -0.39 is 0 Å². The quantitative estimate of drug-likeness (QED) is 0.203. The first-order valence-corrected chi connectivity index (χ1v) is 15.2. The van der Waals surface area contributed by atoms with E-state index >= 15 is 0 Å². The monoisotopic (exact) mass is 554 g/mol. The maximum Gasteiger partial charge on any atom is 0.0471 e. The summed E-state index contributed by atoms with van der Waals surface area (Å²) in [6, 6.07) is 31.9. The van der Waals surface area contributed by atoms with Gasteiger partial charge in [0.15, 0.2) is 0 Å². The van der Waals surface area contributed by atoms with Gasteiger partial charge in [-0.05, 0) is 138 Å². The molecule has 1 aliphatic rings. The Hall–Kier alpha value is -5.08. The van der Waals surface area contributed by atoms with Crippen LogP contribution in [-0.2, 0) is 12.8 Å². The number of fused-ring (bicyclic) bond motifs is 9. The van der Waals surface area contributed by atoms with Gasteiger partial charge in [0.1, 0.15) is 0 Å². The van der Waals surface area contributed by atoms with Crippen LogP contribution in [0.5, 0.6) is 0 Å². The van der Waals surface area contributed by atoms with Crippen molar-refractivity contribution < 1.29 is 0 Å². The van der Waals surface area contributed by atoms with E-state index in [1.165, 1.54) is 99.3 Å². The van der Waals surface area contributed by atoms with Gasteiger partial charge in [-0.2, -0.15) is 0 Å². The summed E-state index contributed by atoms with van der Waals surface area (Å²) in [6.45, 7) is 10.4. The van der Waals surface area contributed by atoms with Crippen LogP contribution in [0.15, 0.2) is 115 Å². The molecular weight excluding hydrogens is 520 g/mol. The largest absolute Gasteiger partial charge is 0.354 e. The van der Waals surface area contributed by atoms with Crippen LogP contribution in [0.2, 0.25) is 0 Å². The van der Waals surface area contributed by atoms with Gasteiger partial charge in [-0.1, -0.05) is 61.2 Å². The average molecular weight is 555 g/mol. The average Bonchev–Trinajstić information content (AvgIpc) is 3.57. The lowest BCUT2D eigenvalue weighted by Crippen LogP contribution is -2.04. The zero-order chi connectivity index (χ0) is 29.2. The van der Waals surface area contributed by atoms with E-state index in [1.54, 1.807) is 0 Å². The molecule has 1 aliphatic carbocycles. The molecule has 2 heterocycles. The number of allylic oxidation sites excluding steroid dienone is 5. The van der Waals surface area contributed by atoms with E-state index in [9.17, 15) is 0 Å². The molecule has 0 unspecified atom stereocenters. The molecule has 2 nitrogen and oxygen atoms in total. The first-order valence-electron chi connectivity index (χ1n) is 15.2. The molecule has 2 heteroatoms. The fourth-order valence-corrected chi connectivity index (χ4v) is 7.13. The number of aryl methyl sites for hydroxylation is 3. The number of hydrogen-bond acceptors (Lipinski definition) is 0. The second-order valence-corrected chi connectivity index (χ2v) is 12.0. The van der Waals surface area contributed by atoms with Crippen molar-refractivity contribution in [3.63, 3.8) is 0 Å². The van der Waals surface area contributed by atoms with E-state index in [2.05, 4.69) is 134 Å². The molecule has 43 heavy (non-hydrogen) atoms. The highest BCUT2D eigenvalue weighted by atomic mass is 14.7. The molecule has 0 fully saturated rings. The molecule has 208 valence electrons. The van der Waals surface area contributed by atoms with Crippen LogP contribution in [-0.4, -0.2) is 9.97 Å². The zero-order valence-electron chi connectivity index (χ0n) is 24.9. The van der Waals surface area contributed by atoms with Crippen molar-refractivity contribution >= 4 is 49.2 Å². The van der Waals surface area contributed by atoms with E-state index in [4.69, 9.17) is 0 Å². The van der Waals surface area contributed by atoms with Gasteiger partial charge >= 0.3 is 0 Å². The summed E-state index contributed by atoms with van der Waals surface area (Å²) in [5.41, 5.74) is 17.9. The number of aromatic nitrogens is 2. The Morgan fingerprint density at radius 1 is 0.674 bits per heavy atom. The second-order valence-electron chi connectivity index (χ2n) is 12.0. The molecule has 2 N–H and O–H groups in total. The molecule has 8 rings (SSSR count). The molecule has 0 saturated heterocycles. The maximum atomic E-state index is 3.95. The Morgan fingerprint density at radius 3 is 1.91 bits per heavy atom. The standard InChI is InChI=1S/C41H34N2/c1-5-9-30(24(3)6-2)26-14-16-38-34(18-26)36-20-28-12-13-29-21-37-35-19-27(31-11-8-7-10-25(31)4)15-17-39(35)43-41(37)23-33(29)32(28)22-40(36)42-38/h5-11,14-23,42-43H,1,12-13H2,2-4H3/b24-6-,30-9+. The van der Waals surface area contributed by atoms with Crippen LogP contribution < -0.4 is 0 Å². The Bertz CT molecular complexity index is 2330. The maximum absolute atomic E-state index is 3.95. The van der Waals surface area contributed by atoms with Crippen molar-refractivity contribution in [3.8, 4) is 22.3 Å². The highest BCUT2D eigenvalue weighted by Crippen LogP contribution is 2.42. The summed E-state index contributed by atoms with van der Waals surface area (Å²) in [5.74, 6) is 0. The van der Waals surface area contributed by atoms with Crippen molar-refractivity contribution in [3.05, 3.63) is 138 Å². The number of hydrogen-bond donors (Lipinski definition) is 2. The Morgan fingerprint density at radius 2 is 1.28 bits per heavy atom. The van der Waals surface area contributed by atoms with Gasteiger partial charge in [0.2, 0.25) is 0 Å². The third-order valence-electron chi connectivity index (χ3n) is 9.51. The summed E-state index contributed by atoms with van der Waals surface area (Å²) < 4.78 is 0. The lowest BCUT2D eigenvalue weighted by atomic mass is 9.84. The third-order valence-corrected chi connectivity index (χ3v) is 9.51. The first-order chi connectivity index (χ1) is 21.0. The Kier molecular flexibility index (Phi) is 5.80. The van der Waals surface area contributed by atoms with Gasteiger partial charge in [0, 0.05) is 43.6 Å². The predicted molar refractivity (Wildman–Crippen MR) is 186 cm³/mol. The number of benzene rings is 5. The van der Waals surface area contributed by atoms with Crippen molar-refractivity contribution in [2.45, 2.75) is 33.6 Å². The minimum absolute atomic E-state index is 1.05. The van der Waals surface area contributed by atoms with E-state index in [-0.39, 0.29) is 0 Å². The second kappa shape index (κ2) is 9.74. The SMILES string of the molecule is C=C/C=C(\C(C)=C/C)c1ccc2[nH]c3cc4c(cc3c2c1)CCc1cc2c(cc1-4)[nH]c1ccc(-c3ccccc3C)cc12. The number of H-pyrrole nitrogens is 2. The van der Waals surface area contributed by atoms with Gasteiger partial charge in [0.25, 0.3) is 0 Å². The fourth-order valence-electron chi connectivity index (χ4n) is 7.13. The molecule has 0 bridgehead atoms. The molecule has 0 spiro atoms. The highest BCUT2D eigenvalue weighted by molar-refractivity contribution is 6.12. The predicted octanol–water partition coefficient (Wildman–Crippen LogP) is 11.2. The van der Waals surface area contributed by atoms with Crippen molar-refractivity contribution in [2.75, 3.05) is 0 Å². The molecule has 2 aromatic heterocycles. The molecule has 7 aromatic rings. The van der Waals surface area contributed by atoms with Crippen molar-refractivity contribution in [1.29, 1.82) is 0 Å². The molecule has 0 radical (unpaired) electrons. The Labute approximate surface area is 252 Å². The van der Waals surface area contributed by atoms with Gasteiger partial charge < -0.3 is 9.97 Å². The molecule has 0 amide bonds. The fraction of sp³-hybridized carbons (Fsp3) is 0.122. The van der Waals surface area contributed by atoms with Crippen LogP contribution in [0.3, 0.4) is 0 Å². The lowest BCUT2D eigenvalue weighted by molar-refractivity contribution is 0.946. The van der Waals surface area contributed by atoms with Gasteiger partial charge in [-0.15, -0.1) is 0 Å². The Balaban J connectivity index is 1.26. The number of rotatable bonds is 4. The van der Waals surface area contributed by atoms with Crippen LogP contribution in [0.25, 0.3) is 71.4 Å². The first kappa shape index (κ1) is 25.6. The summed E-state index contributed by atoms with van der Waals surface area (Å²) in [6.07, 6.45) is 8.25. The molecular formula is C41H34N2. The molecule has 0 atom stereocenters. The highest BCUT2D eigenvalue weighted by Gasteiger charge is 2.21. The topological polar surface area (TPSA) is 31.6 Å². The van der Waals surface area contributed by atoms with E-state index in [0.717, 1.165) is 12.8 Å². The summed E-state index contributed by atoms with van der Waals surface area (Å²) in [7, 11) is 0. The minimum Gasteiger partial charge on any atom is -0.354 e. The van der Waals surface area contributed by atoms with Gasteiger partial charge in [-0.3, -0.25) is 0 Å². The van der Waals surface area contributed by atoms with E-state index in [1.807, 2.05) is 6.08 Å². The van der Waals surface area contributed by atoms with Crippen molar-refractivity contribution in [2.24, 2.45) is 0 Å². The van der Waals surface area contributed by atoms with Gasteiger partial charge in [-0.25, -0.2) is 0 Å². The molecule has 0 saturated carbocycles. The summed E-state index contributed by atoms with van der Waals surface area (Å²) in [4.78, 5) is 7.45. The van der Waals surface area contributed by atoms with E-state index in [0.29, 0.717) is 0 Å². The summed E-state index contributed by atoms with van der Waals surface area (Å²) in [5, 5.41) is 5.18. The van der Waals surface area contributed by atoms with Crippen LogP contribution >= 0.6 is 0 Å². The normalized spacial score (nSPS) is 13.7. The van der Waals surface area contributed by atoms with Crippen LogP contribution in [0, 0.1) is 6.92 Å². The molecule has 0 aliphatic heterocycles. The smallest absolute Gasteiger partial charge is 0.0471 e. The summed E-state index contributed by atoms with van der Waals surface area (Å²) >= 11 is 0. The molecule has 5 aromatic carbocycles. The number of aromatic amines is 2. The third kappa shape index (κ3) is 4.01. The minimum atomic E-state index is 1.05. The number of nitrogens with one attached hydrogen (secondary N) is 2. The zero-order valence-corrected chi connectivity index (χ0v) is 24.9. The van der Waals surface area contributed by atoms with Crippen molar-refractivity contribution in [1.82, 2.24) is 9.97 Å². The van der Waals surface area contributed by atoms with Crippen LogP contribution in [0.4, 0.5) is 0 Å². The lowest BCUT2D eigenvalue weighted by Gasteiger charge is -2.20.